The number of aromatic nitrogens is 1. The molecular weight excluding hydrogens is 458 g/mol. The standard InChI is InChI=1S/C29H21NO6/c1-15-10-23-27(19(13-24(31)35-23)16-6-4-3-5-7-16)28-26(15)20(14-25(32)36-28)21-11-17-8-9-18(34-2)12-22(17)30-29(21)33/h3-13,20H,14H2,1-2H3,(H,30,33)/t20-/m1/s1. The smallest absolute Gasteiger partial charge is 0.336 e. The van der Waals surface area contributed by atoms with Crippen molar-refractivity contribution in [2.24, 2.45) is 0 Å². The zero-order chi connectivity index (χ0) is 25.0. The molecule has 178 valence electrons. The summed E-state index contributed by atoms with van der Waals surface area (Å²) in [4.78, 5) is 41.5. The second-order valence-corrected chi connectivity index (χ2v) is 8.89. The number of rotatable bonds is 3. The summed E-state index contributed by atoms with van der Waals surface area (Å²) in [6, 6.07) is 19.8. The molecule has 0 bridgehead atoms. The lowest BCUT2D eigenvalue weighted by Crippen LogP contribution is -2.26. The molecule has 0 amide bonds. The molecule has 3 heterocycles. The first-order valence-corrected chi connectivity index (χ1v) is 11.5. The number of hydrogen-bond acceptors (Lipinski definition) is 6. The lowest BCUT2D eigenvalue weighted by Gasteiger charge is -2.28. The van der Waals surface area contributed by atoms with E-state index in [2.05, 4.69) is 4.98 Å². The van der Waals surface area contributed by atoms with Gasteiger partial charge in [0.25, 0.3) is 5.56 Å². The predicted octanol–water partition coefficient (Wildman–Crippen LogP) is 5.06. The number of methoxy groups -OCH3 is 1. The van der Waals surface area contributed by atoms with Gasteiger partial charge in [0.05, 0.1) is 24.4 Å². The normalized spacial score (nSPS) is 15.1. The zero-order valence-electron chi connectivity index (χ0n) is 19.6. The summed E-state index contributed by atoms with van der Waals surface area (Å²) >= 11 is 0. The Morgan fingerprint density at radius 2 is 1.78 bits per heavy atom. The largest absolute Gasteiger partial charge is 0.497 e. The maximum Gasteiger partial charge on any atom is 0.336 e. The number of aromatic amines is 1. The summed E-state index contributed by atoms with van der Waals surface area (Å²) in [6.07, 6.45) is 0.0154. The molecule has 0 radical (unpaired) electrons. The number of benzene rings is 3. The van der Waals surface area contributed by atoms with Gasteiger partial charge in [0, 0.05) is 34.7 Å². The molecule has 2 aromatic heterocycles. The molecule has 7 nitrogen and oxygen atoms in total. The summed E-state index contributed by atoms with van der Waals surface area (Å²) < 4.78 is 16.6. The van der Waals surface area contributed by atoms with Crippen molar-refractivity contribution in [3.05, 3.63) is 104 Å². The van der Waals surface area contributed by atoms with Crippen LogP contribution in [0.15, 0.2) is 80.7 Å². The molecule has 0 spiro atoms. The first-order chi connectivity index (χ1) is 17.4. The molecular formula is C29H21NO6. The van der Waals surface area contributed by atoms with Gasteiger partial charge in [0.15, 0.2) is 0 Å². The molecule has 0 unspecified atom stereocenters. The van der Waals surface area contributed by atoms with E-state index in [0.29, 0.717) is 39.1 Å². The summed E-state index contributed by atoms with van der Waals surface area (Å²) in [5.41, 5.74) is 3.53. The van der Waals surface area contributed by atoms with Crippen molar-refractivity contribution in [1.29, 1.82) is 0 Å². The Bertz CT molecular complexity index is 1800. The van der Waals surface area contributed by atoms with Gasteiger partial charge in [0.2, 0.25) is 0 Å². The molecule has 6 rings (SSSR count). The molecule has 0 saturated heterocycles. The molecule has 0 fully saturated rings. The topological polar surface area (TPSA) is 98.6 Å². The number of nitrogens with one attached hydrogen (secondary N) is 1. The summed E-state index contributed by atoms with van der Waals surface area (Å²) in [5, 5.41) is 1.35. The van der Waals surface area contributed by atoms with Gasteiger partial charge in [-0.3, -0.25) is 9.59 Å². The fourth-order valence-corrected chi connectivity index (χ4v) is 5.09. The van der Waals surface area contributed by atoms with E-state index in [1.54, 1.807) is 19.2 Å². The molecule has 1 atom stereocenters. The van der Waals surface area contributed by atoms with E-state index in [4.69, 9.17) is 13.9 Å². The Hall–Kier alpha value is -4.65. The number of pyridine rings is 1. The van der Waals surface area contributed by atoms with Gasteiger partial charge in [-0.25, -0.2) is 4.79 Å². The van der Waals surface area contributed by atoms with Crippen LogP contribution in [0.4, 0.5) is 0 Å². The molecule has 1 aliphatic heterocycles. The lowest BCUT2D eigenvalue weighted by atomic mass is 9.82. The predicted molar refractivity (Wildman–Crippen MR) is 136 cm³/mol. The van der Waals surface area contributed by atoms with Crippen molar-refractivity contribution in [2.75, 3.05) is 7.11 Å². The van der Waals surface area contributed by atoms with Crippen LogP contribution in [0, 0.1) is 6.92 Å². The van der Waals surface area contributed by atoms with Crippen LogP contribution in [0.1, 0.15) is 29.0 Å². The van der Waals surface area contributed by atoms with Crippen LogP contribution in [0.2, 0.25) is 0 Å². The van der Waals surface area contributed by atoms with Gasteiger partial charge in [0.1, 0.15) is 17.1 Å². The van der Waals surface area contributed by atoms with Gasteiger partial charge in [-0.05, 0) is 47.7 Å². The number of H-pyrrole nitrogens is 1. The number of ether oxygens (including phenoxy) is 2. The number of aryl methyl sites for hydroxylation is 1. The van der Waals surface area contributed by atoms with Gasteiger partial charge >= 0.3 is 11.6 Å². The monoisotopic (exact) mass is 479 g/mol. The second kappa shape index (κ2) is 8.23. The maximum absolute atomic E-state index is 13.2. The second-order valence-electron chi connectivity index (χ2n) is 8.89. The van der Waals surface area contributed by atoms with E-state index in [-0.39, 0.29) is 12.0 Å². The Balaban J connectivity index is 1.64. The molecule has 1 aliphatic rings. The van der Waals surface area contributed by atoms with E-state index < -0.39 is 17.5 Å². The van der Waals surface area contributed by atoms with Gasteiger partial charge in [-0.2, -0.15) is 0 Å². The number of carbonyl (C=O) groups is 1. The van der Waals surface area contributed by atoms with Crippen molar-refractivity contribution < 1.29 is 18.7 Å². The highest BCUT2D eigenvalue weighted by Gasteiger charge is 2.34. The van der Waals surface area contributed by atoms with Crippen LogP contribution in [-0.4, -0.2) is 18.1 Å². The third-order valence-electron chi connectivity index (χ3n) is 6.71. The van der Waals surface area contributed by atoms with Crippen LogP contribution in [0.5, 0.6) is 11.5 Å². The van der Waals surface area contributed by atoms with Gasteiger partial charge in [-0.1, -0.05) is 30.3 Å². The third-order valence-corrected chi connectivity index (χ3v) is 6.71. The summed E-state index contributed by atoms with van der Waals surface area (Å²) in [6.45, 7) is 1.86. The van der Waals surface area contributed by atoms with E-state index in [1.165, 1.54) is 6.07 Å². The highest BCUT2D eigenvalue weighted by atomic mass is 16.5. The number of hydrogen-bond donors (Lipinski definition) is 1. The van der Waals surface area contributed by atoms with Crippen LogP contribution >= 0.6 is 0 Å². The van der Waals surface area contributed by atoms with Gasteiger partial charge in [-0.15, -0.1) is 0 Å². The molecule has 1 N–H and O–H groups in total. The Kier molecular flexibility index (Phi) is 5.00. The minimum atomic E-state index is -0.531. The number of esters is 1. The van der Waals surface area contributed by atoms with Crippen LogP contribution < -0.4 is 20.7 Å². The average Bonchev–Trinajstić information content (AvgIpc) is 2.87. The summed E-state index contributed by atoms with van der Waals surface area (Å²) in [5.74, 6) is -0.0342. The molecule has 0 saturated carbocycles. The van der Waals surface area contributed by atoms with Crippen molar-refractivity contribution >= 4 is 27.8 Å². The van der Waals surface area contributed by atoms with Crippen LogP contribution in [-0.2, 0) is 4.79 Å². The fourth-order valence-electron chi connectivity index (χ4n) is 5.09. The Morgan fingerprint density at radius 3 is 2.56 bits per heavy atom. The molecule has 7 heteroatoms. The number of fused-ring (bicyclic) bond motifs is 4. The molecule has 5 aromatic rings. The van der Waals surface area contributed by atoms with Crippen molar-refractivity contribution in [3.8, 4) is 22.6 Å². The van der Waals surface area contributed by atoms with Crippen molar-refractivity contribution in [3.63, 3.8) is 0 Å². The highest BCUT2D eigenvalue weighted by molar-refractivity contribution is 6.01. The molecule has 36 heavy (non-hydrogen) atoms. The van der Waals surface area contributed by atoms with Gasteiger partial charge < -0.3 is 18.9 Å². The number of carbonyl (C=O) groups excluding carboxylic acids is 1. The minimum Gasteiger partial charge on any atom is -0.497 e. The fraction of sp³-hybridized carbons (Fsp3) is 0.138. The van der Waals surface area contributed by atoms with Crippen molar-refractivity contribution in [2.45, 2.75) is 19.3 Å². The third kappa shape index (κ3) is 3.48. The van der Waals surface area contributed by atoms with E-state index in [0.717, 1.165) is 22.1 Å². The SMILES string of the molecule is COc1ccc2cc([C@H]3CC(=O)Oc4c3c(C)cc3oc(=O)cc(-c5ccccc5)c43)c(=O)[nH]c2c1. The first kappa shape index (κ1) is 21.9. The Labute approximate surface area is 204 Å². The minimum absolute atomic E-state index is 0.0154. The summed E-state index contributed by atoms with van der Waals surface area (Å²) in [7, 11) is 1.57. The molecule has 3 aromatic carbocycles. The van der Waals surface area contributed by atoms with E-state index >= 15 is 0 Å². The van der Waals surface area contributed by atoms with E-state index in [9.17, 15) is 14.4 Å². The lowest BCUT2D eigenvalue weighted by molar-refractivity contribution is -0.135. The quantitative estimate of drug-likeness (QED) is 0.221. The van der Waals surface area contributed by atoms with Crippen LogP contribution in [0.3, 0.4) is 0 Å². The highest BCUT2D eigenvalue weighted by Crippen LogP contribution is 2.46. The zero-order valence-corrected chi connectivity index (χ0v) is 19.6. The van der Waals surface area contributed by atoms with E-state index in [1.807, 2.05) is 55.5 Å². The Morgan fingerprint density at radius 1 is 0.972 bits per heavy atom. The average molecular weight is 479 g/mol. The first-order valence-electron chi connectivity index (χ1n) is 11.5. The van der Waals surface area contributed by atoms with Crippen molar-refractivity contribution in [1.82, 2.24) is 4.98 Å². The maximum atomic E-state index is 13.2. The van der Waals surface area contributed by atoms with Crippen LogP contribution in [0.25, 0.3) is 33.0 Å². The molecule has 0 aliphatic carbocycles.